The number of rotatable bonds is 5. The minimum absolute atomic E-state index is 0.00273. The Balaban J connectivity index is 1.33. The summed E-state index contributed by atoms with van der Waals surface area (Å²) in [7, 11) is 0. The van der Waals surface area contributed by atoms with Crippen molar-refractivity contribution in [3.63, 3.8) is 0 Å². The summed E-state index contributed by atoms with van der Waals surface area (Å²) >= 11 is 4.24. The van der Waals surface area contributed by atoms with Gasteiger partial charge >= 0.3 is 0 Å². The van der Waals surface area contributed by atoms with Crippen LogP contribution in [0, 0.1) is 10.1 Å². The molecule has 0 aliphatic heterocycles. The highest BCUT2D eigenvalue weighted by Gasteiger charge is 2.16. The lowest BCUT2D eigenvalue weighted by Crippen LogP contribution is -2.09. The molecule has 5 rings (SSSR count). The summed E-state index contributed by atoms with van der Waals surface area (Å²) in [5.41, 5.74) is 2.14. The van der Waals surface area contributed by atoms with E-state index >= 15 is 0 Å². The predicted molar refractivity (Wildman–Crippen MR) is 125 cm³/mol. The zero-order chi connectivity index (χ0) is 21.4. The second kappa shape index (κ2) is 7.99. The number of hydrogen-bond donors (Lipinski definition) is 1. The highest BCUT2D eigenvalue weighted by Crippen LogP contribution is 2.35. The van der Waals surface area contributed by atoms with Crippen LogP contribution in [0.15, 0.2) is 66.0 Å². The number of fused-ring (bicyclic) bond motifs is 1. The lowest BCUT2D eigenvalue weighted by atomic mass is 10.1. The maximum Gasteiger partial charge on any atom is 0.270 e. The van der Waals surface area contributed by atoms with Gasteiger partial charge in [0.1, 0.15) is 5.01 Å². The highest BCUT2D eigenvalue weighted by atomic mass is 32.1. The maximum absolute atomic E-state index is 12.7. The number of amides is 1. The molecule has 10 heteroatoms. The third-order valence-corrected chi connectivity index (χ3v) is 7.46. The van der Waals surface area contributed by atoms with Gasteiger partial charge in [0, 0.05) is 23.1 Å². The number of nitrogens with one attached hydrogen (secondary N) is 1. The first kappa shape index (κ1) is 19.5. The van der Waals surface area contributed by atoms with Crippen molar-refractivity contribution in [3.05, 3.63) is 81.0 Å². The van der Waals surface area contributed by atoms with Gasteiger partial charge < -0.3 is 0 Å². The third kappa shape index (κ3) is 3.96. The molecule has 152 valence electrons. The molecule has 1 amide bonds. The van der Waals surface area contributed by atoms with Crippen molar-refractivity contribution < 1.29 is 9.72 Å². The van der Waals surface area contributed by atoms with Gasteiger partial charge in [-0.05, 0) is 24.3 Å². The quantitative estimate of drug-likeness (QED) is 0.243. The fourth-order valence-electron chi connectivity index (χ4n) is 2.95. The van der Waals surface area contributed by atoms with Crippen molar-refractivity contribution in [1.82, 2.24) is 9.97 Å². The normalized spacial score (nSPS) is 11.0. The number of carbonyl (C=O) groups excluding carboxylic acids is 1. The smallest absolute Gasteiger partial charge is 0.270 e. The minimum atomic E-state index is -0.446. The molecule has 0 spiro atoms. The first-order chi connectivity index (χ1) is 15.1. The Morgan fingerprint density at radius 1 is 1.00 bits per heavy atom. The Kier molecular flexibility index (Phi) is 5.02. The van der Waals surface area contributed by atoms with E-state index in [2.05, 4.69) is 15.3 Å². The number of non-ortho nitro benzene ring substituents is 1. The second-order valence-electron chi connectivity index (χ2n) is 6.45. The van der Waals surface area contributed by atoms with Gasteiger partial charge in [-0.25, -0.2) is 9.97 Å². The number of hydrogen-bond acceptors (Lipinski definition) is 8. The Hall–Kier alpha value is -3.47. The lowest BCUT2D eigenvalue weighted by molar-refractivity contribution is -0.384. The van der Waals surface area contributed by atoms with E-state index < -0.39 is 4.92 Å². The molecule has 31 heavy (non-hydrogen) atoms. The molecule has 0 bridgehead atoms. The molecule has 0 saturated heterocycles. The zero-order valence-corrected chi connectivity index (χ0v) is 18.1. The van der Waals surface area contributed by atoms with E-state index in [1.54, 1.807) is 34.9 Å². The van der Waals surface area contributed by atoms with Crippen molar-refractivity contribution in [3.8, 4) is 21.1 Å². The number of para-hydroxylation sites is 1. The number of thiophene rings is 1. The van der Waals surface area contributed by atoms with Crippen LogP contribution in [0.4, 0.5) is 10.8 Å². The average molecular weight is 465 g/mol. The first-order valence-corrected chi connectivity index (χ1v) is 11.6. The summed E-state index contributed by atoms with van der Waals surface area (Å²) < 4.78 is 1.10. The number of nitro groups is 1. The number of nitro benzene ring substituents is 1. The standard InChI is InChI=1S/C21H12N4O3S3/c26-19(17-8-9-18(30-17)20-22-14-6-1-2-7-16(14)31-20)24-21-23-15(11-29-21)12-4-3-5-13(10-12)25(27)28/h1-11H,(H,23,24,26). The van der Waals surface area contributed by atoms with Crippen molar-refractivity contribution in [2.45, 2.75) is 0 Å². The molecule has 1 N–H and O–H groups in total. The molecule has 0 aliphatic carbocycles. The van der Waals surface area contributed by atoms with Crippen LogP contribution in [0.1, 0.15) is 9.67 Å². The van der Waals surface area contributed by atoms with Crippen molar-refractivity contribution in [1.29, 1.82) is 0 Å². The molecule has 0 unspecified atom stereocenters. The number of carbonyl (C=O) groups is 1. The fourth-order valence-corrected chi connectivity index (χ4v) is 5.59. The number of thiazole rings is 2. The van der Waals surface area contributed by atoms with E-state index in [1.165, 1.54) is 34.8 Å². The largest absolute Gasteiger partial charge is 0.297 e. The van der Waals surface area contributed by atoms with Gasteiger partial charge in [-0.3, -0.25) is 20.2 Å². The van der Waals surface area contributed by atoms with E-state index in [1.807, 2.05) is 30.3 Å². The molecule has 3 aromatic heterocycles. The van der Waals surface area contributed by atoms with Gasteiger partial charge in [0.25, 0.3) is 11.6 Å². The molecule has 5 aromatic rings. The van der Waals surface area contributed by atoms with E-state index in [-0.39, 0.29) is 11.6 Å². The highest BCUT2D eigenvalue weighted by molar-refractivity contribution is 7.26. The average Bonchev–Trinajstić information content (AvgIpc) is 3.52. The van der Waals surface area contributed by atoms with Gasteiger partial charge in [-0.1, -0.05) is 24.3 Å². The number of aromatic nitrogens is 2. The number of benzene rings is 2. The Labute approximate surface area is 187 Å². The molecule has 0 aliphatic rings. The van der Waals surface area contributed by atoms with Crippen LogP contribution in [0.5, 0.6) is 0 Å². The monoisotopic (exact) mass is 464 g/mol. The summed E-state index contributed by atoms with van der Waals surface area (Å²) in [6.45, 7) is 0. The topological polar surface area (TPSA) is 98.0 Å². The van der Waals surface area contributed by atoms with E-state index in [4.69, 9.17) is 0 Å². The molecule has 3 heterocycles. The lowest BCUT2D eigenvalue weighted by Gasteiger charge is -1.99. The second-order valence-corrected chi connectivity index (χ2v) is 9.42. The van der Waals surface area contributed by atoms with Crippen molar-refractivity contribution >= 4 is 61.0 Å². The van der Waals surface area contributed by atoms with Crippen LogP contribution in [0.3, 0.4) is 0 Å². The van der Waals surface area contributed by atoms with Crippen molar-refractivity contribution in [2.24, 2.45) is 0 Å². The summed E-state index contributed by atoms with van der Waals surface area (Å²) in [5.74, 6) is -0.252. The van der Waals surface area contributed by atoms with Gasteiger partial charge in [0.2, 0.25) is 0 Å². The van der Waals surface area contributed by atoms with Crippen LogP contribution in [0.25, 0.3) is 31.4 Å². The van der Waals surface area contributed by atoms with E-state index in [0.717, 1.165) is 20.1 Å². The zero-order valence-electron chi connectivity index (χ0n) is 15.6. The van der Waals surface area contributed by atoms with Gasteiger partial charge in [-0.15, -0.1) is 34.0 Å². The van der Waals surface area contributed by atoms with Gasteiger partial charge in [-0.2, -0.15) is 0 Å². The minimum Gasteiger partial charge on any atom is -0.297 e. The molecule has 0 fully saturated rings. The Morgan fingerprint density at radius 3 is 2.71 bits per heavy atom. The molecule has 2 aromatic carbocycles. The molecular weight excluding hydrogens is 452 g/mol. The van der Waals surface area contributed by atoms with E-state index in [0.29, 0.717) is 21.3 Å². The maximum atomic E-state index is 12.7. The molecule has 0 saturated carbocycles. The van der Waals surface area contributed by atoms with Crippen LogP contribution >= 0.6 is 34.0 Å². The summed E-state index contributed by atoms with van der Waals surface area (Å²) in [6.07, 6.45) is 0. The fraction of sp³-hybridized carbons (Fsp3) is 0. The van der Waals surface area contributed by atoms with Crippen molar-refractivity contribution in [2.75, 3.05) is 5.32 Å². The van der Waals surface area contributed by atoms with Crippen LogP contribution < -0.4 is 5.32 Å². The summed E-state index contributed by atoms with van der Waals surface area (Å²) in [5, 5.41) is 16.9. The molecular formula is C21H12N4O3S3. The number of anilines is 1. The SMILES string of the molecule is O=C(Nc1nc(-c2cccc([N+](=O)[O-])c2)cs1)c1ccc(-c2nc3ccccc3s2)s1. The number of nitrogens with zero attached hydrogens (tertiary/aromatic N) is 3. The summed E-state index contributed by atoms with van der Waals surface area (Å²) in [6, 6.07) is 17.9. The predicted octanol–water partition coefficient (Wildman–Crippen LogP) is 6.31. The first-order valence-electron chi connectivity index (χ1n) is 9.04. The van der Waals surface area contributed by atoms with E-state index in [9.17, 15) is 14.9 Å². The van der Waals surface area contributed by atoms with Crippen LogP contribution in [-0.4, -0.2) is 20.8 Å². The van der Waals surface area contributed by atoms with Gasteiger partial charge in [0.05, 0.1) is 30.6 Å². The third-order valence-electron chi connectivity index (χ3n) is 4.41. The molecule has 0 radical (unpaired) electrons. The Bertz CT molecular complexity index is 1400. The van der Waals surface area contributed by atoms with Gasteiger partial charge in [0.15, 0.2) is 5.13 Å². The van der Waals surface area contributed by atoms with Crippen LogP contribution in [0.2, 0.25) is 0 Å². The molecule has 7 nitrogen and oxygen atoms in total. The van der Waals surface area contributed by atoms with Crippen LogP contribution in [-0.2, 0) is 0 Å². The summed E-state index contributed by atoms with van der Waals surface area (Å²) in [4.78, 5) is 33.7. The molecule has 0 atom stereocenters. The Morgan fingerprint density at radius 2 is 1.87 bits per heavy atom.